The number of rotatable bonds is 1. The number of nitrogens with one attached hydrogen (secondary N) is 1. The molecule has 3 aromatic heterocycles. The van der Waals surface area contributed by atoms with Gasteiger partial charge in [-0.25, -0.2) is 4.98 Å². The predicted octanol–water partition coefficient (Wildman–Crippen LogP) is 1.29. The van der Waals surface area contributed by atoms with Gasteiger partial charge in [0.25, 0.3) is 0 Å². The fraction of sp³-hybridized carbons (Fsp3) is 0. The van der Waals surface area contributed by atoms with Crippen molar-refractivity contribution in [1.82, 2.24) is 25.4 Å². The third-order valence-corrected chi connectivity index (χ3v) is 2.37. The molecule has 3 aromatic rings. The molecule has 0 saturated heterocycles. The molecule has 0 aliphatic carbocycles. The average Bonchev–Trinajstić information content (AvgIpc) is 2.86. The van der Waals surface area contributed by atoms with Crippen LogP contribution >= 0.6 is 0 Å². The van der Waals surface area contributed by atoms with Gasteiger partial charge in [0.2, 0.25) is 5.65 Å². The lowest BCUT2D eigenvalue weighted by atomic mass is 10.1. The minimum absolute atomic E-state index is 0.560. The number of H-pyrrole nitrogens is 1. The van der Waals surface area contributed by atoms with E-state index in [2.05, 4.69) is 31.4 Å². The Kier molecular flexibility index (Phi) is 2.02. The minimum atomic E-state index is 0.560. The molecule has 3 rings (SSSR count). The number of aromatic nitrogens is 5. The Hall–Kier alpha value is -2.81. The molecule has 1 N–H and O–H groups in total. The Morgan fingerprint density at radius 1 is 1.24 bits per heavy atom. The van der Waals surface area contributed by atoms with Gasteiger partial charge in [0.15, 0.2) is 0 Å². The normalized spacial score (nSPS) is 10.3. The second-order valence-electron chi connectivity index (χ2n) is 3.45. The Bertz CT molecular complexity index is 724. The summed E-state index contributed by atoms with van der Waals surface area (Å²) in [4.78, 5) is 8.35. The van der Waals surface area contributed by atoms with Gasteiger partial charge in [-0.15, -0.1) is 5.10 Å². The number of hydrogen-bond acceptors (Lipinski definition) is 5. The van der Waals surface area contributed by atoms with Gasteiger partial charge in [0, 0.05) is 18.0 Å². The smallest absolute Gasteiger partial charge is 0.201 e. The van der Waals surface area contributed by atoms with Crippen LogP contribution in [-0.4, -0.2) is 25.4 Å². The number of aromatic amines is 1. The van der Waals surface area contributed by atoms with E-state index in [9.17, 15) is 0 Å². The van der Waals surface area contributed by atoms with Gasteiger partial charge in [-0.2, -0.15) is 5.26 Å². The van der Waals surface area contributed by atoms with Crippen LogP contribution in [0.5, 0.6) is 0 Å². The van der Waals surface area contributed by atoms with Crippen molar-refractivity contribution in [2.24, 2.45) is 0 Å². The van der Waals surface area contributed by atoms with E-state index in [1.807, 2.05) is 6.07 Å². The first-order valence-electron chi connectivity index (χ1n) is 4.90. The standard InChI is InChI=1S/C11H6N6/c12-5-7-1-2-13-9(3-7)8-4-10-11(14-6-8)16-17-15-10/h1-4,6H,(H,14,15,16,17). The summed E-state index contributed by atoms with van der Waals surface area (Å²) >= 11 is 0. The highest BCUT2D eigenvalue weighted by atomic mass is 15.3. The Morgan fingerprint density at radius 3 is 3.06 bits per heavy atom. The maximum atomic E-state index is 8.83. The van der Waals surface area contributed by atoms with Crippen molar-refractivity contribution in [3.63, 3.8) is 0 Å². The molecule has 0 spiro atoms. The van der Waals surface area contributed by atoms with Crippen molar-refractivity contribution in [3.8, 4) is 17.3 Å². The van der Waals surface area contributed by atoms with Crippen LogP contribution in [0.15, 0.2) is 30.6 Å². The lowest BCUT2D eigenvalue weighted by Gasteiger charge is -1.99. The molecule has 17 heavy (non-hydrogen) atoms. The van der Waals surface area contributed by atoms with Crippen molar-refractivity contribution in [1.29, 1.82) is 5.26 Å². The Morgan fingerprint density at radius 2 is 2.18 bits per heavy atom. The molecule has 0 fully saturated rings. The SMILES string of the molecule is N#Cc1ccnc(-c2cnc3nn[nH]c3c2)c1. The molecule has 0 unspecified atom stereocenters. The highest BCUT2D eigenvalue weighted by Crippen LogP contribution is 2.19. The van der Waals surface area contributed by atoms with Crippen LogP contribution in [0.2, 0.25) is 0 Å². The van der Waals surface area contributed by atoms with E-state index in [1.165, 1.54) is 0 Å². The van der Waals surface area contributed by atoms with Crippen molar-refractivity contribution >= 4 is 11.2 Å². The molecule has 0 aliphatic rings. The van der Waals surface area contributed by atoms with E-state index in [4.69, 9.17) is 5.26 Å². The Balaban J connectivity index is 2.16. The number of nitrogens with zero attached hydrogens (tertiary/aromatic N) is 5. The second kappa shape index (κ2) is 3.64. The zero-order valence-corrected chi connectivity index (χ0v) is 8.62. The molecule has 6 heteroatoms. The van der Waals surface area contributed by atoms with Crippen LogP contribution in [0.3, 0.4) is 0 Å². The van der Waals surface area contributed by atoms with Gasteiger partial charge >= 0.3 is 0 Å². The summed E-state index contributed by atoms with van der Waals surface area (Å²) in [7, 11) is 0. The second-order valence-corrected chi connectivity index (χ2v) is 3.45. The molecule has 0 amide bonds. The molecule has 0 bridgehead atoms. The van der Waals surface area contributed by atoms with Crippen LogP contribution < -0.4 is 0 Å². The zero-order valence-electron chi connectivity index (χ0n) is 8.62. The van der Waals surface area contributed by atoms with E-state index < -0.39 is 0 Å². The van der Waals surface area contributed by atoms with Gasteiger partial charge in [-0.3, -0.25) is 10.1 Å². The van der Waals surface area contributed by atoms with Gasteiger partial charge in [0.1, 0.15) is 5.52 Å². The monoisotopic (exact) mass is 222 g/mol. The summed E-state index contributed by atoms with van der Waals surface area (Å²) in [5, 5.41) is 19.0. The summed E-state index contributed by atoms with van der Waals surface area (Å²) in [6.45, 7) is 0. The molecule has 0 aromatic carbocycles. The average molecular weight is 222 g/mol. The topological polar surface area (TPSA) is 91.1 Å². The largest absolute Gasteiger partial charge is 0.256 e. The first kappa shape index (κ1) is 9.42. The zero-order chi connectivity index (χ0) is 11.7. The van der Waals surface area contributed by atoms with Crippen LogP contribution in [0.25, 0.3) is 22.4 Å². The summed E-state index contributed by atoms with van der Waals surface area (Å²) in [5.41, 5.74) is 3.39. The van der Waals surface area contributed by atoms with Crippen molar-refractivity contribution < 1.29 is 0 Å². The molecule has 6 nitrogen and oxygen atoms in total. The predicted molar refractivity (Wildman–Crippen MR) is 59.6 cm³/mol. The molecule has 3 heterocycles. The maximum absolute atomic E-state index is 8.83. The van der Waals surface area contributed by atoms with E-state index in [0.29, 0.717) is 16.9 Å². The summed E-state index contributed by atoms with van der Waals surface area (Å²) in [6, 6.07) is 7.30. The molecule has 80 valence electrons. The minimum Gasteiger partial charge on any atom is -0.256 e. The van der Waals surface area contributed by atoms with Gasteiger partial charge < -0.3 is 0 Å². The lowest BCUT2D eigenvalue weighted by molar-refractivity contribution is 0.954. The molecule has 0 saturated carbocycles. The molecule has 0 atom stereocenters. The van der Waals surface area contributed by atoms with E-state index >= 15 is 0 Å². The molecular formula is C11H6N6. The quantitative estimate of drug-likeness (QED) is 0.669. The maximum Gasteiger partial charge on any atom is 0.201 e. The first-order chi connectivity index (χ1) is 8.36. The fourth-order valence-corrected chi connectivity index (χ4v) is 1.54. The van der Waals surface area contributed by atoms with E-state index in [0.717, 1.165) is 11.1 Å². The van der Waals surface area contributed by atoms with Crippen LogP contribution in [0.4, 0.5) is 0 Å². The summed E-state index contributed by atoms with van der Waals surface area (Å²) in [5.74, 6) is 0. The van der Waals surface area contributed by atoms with Gasteiger partial charge in [0.05, 0.1) is 17.3 Å². The summed E-state index contributed by atoms with van der Waals surface area (Å²) in [6.07, 6.45) is 3.26. The number of pyridine rings is 2. The van der Waals surface area contributed by atoms with E-state index in [1.54, 1.807) is 24.5 Å². The lowest BCUT2D eigenvalue weighted by Crippen LogP contribution is -1.87. The third kappa shape index (κ3) is 1.59. The van der Waals surface area contributed by atoms with Gasteiger partial charge in [-0.1, -0.05) is 5.21 Å². The first-order valence-corrected chi connectivity index (χ1v) is 4.90. The van der Waals surface area contributed by atoms with E-state index in [-0.39, 0.29) is 0 Å². The van der Waals surface area contributed by atoms with Crippen molar-refractivity contribution in [2.75, 3.05) is 0 Å². The number of hydrogen-bond donors (Lipinski definition) is 1. The number of fused-ring (bicyclic) bond motifs is 1. The van der Waals surface area contributed by atoms with Crippen molar-refractivity contribution in [2.45, 2.75) is 0 Å². The fourth-order valence-electron chi connectivity index (χ4n) is 1.54. The molecular weight excluding hydrogens is 216 g/mol. The van der Waals surface area contributed by atoms with Crippen LogP contribution in [0, 0.1) is 11.3 Å². The summed E-state index contributed by atoms with van der Waals surface area (Å²) < 4.78 is 0. The van der Waals surface area contributed by atoms with Crippen LogP contribution in [-0.2, 0) is 0 Å². The van der Waals surface area contributed by atoms with Crippen LogP contribution in [0.1, 0.15) is 5.56 Å². The Labute approximate surface area is 96.0 Å². The highest BCUT2D eigenvalue weighted by molar-refractivity contribution is 5.75. The highest BCUT2D eigenvalue weighted by Gasteiger charge is 2.04. The molecule has 0 aliphatic heterocycles. The van der Waals surface area contributed by atoms with Gasteiger partial charge in [-0.05, 0) is 18.2 Å². The van der Waals surface area contributed by atoms with Crippen molar-refractivity contribution in [3.05, 3.63) is 36.2 Å². The molecule has 0 radical (unpaired) electrons. The number of nitriles is 1. The third-order valence-electron chi connectivity index (χ3n) is 2.37.